The summed E-state index contributed by atoms with van der Waals surface area (Å²) in [5.41, 5.74) is 1.15. The van der Waals surface area contributed by atoms with E-state index in [0.29, 0.717) is 24.9 Å². The molecule has 6 heteroatoms. The van der Waals surface area contributed by atoms with Gasteiger partial charge in [-0.25, -0.2) is 4.99 Å². The van der Waals surface area contributed by atoms with Crippen molar-refractivity contribution < 1.29 is 19.3 Å². The zero-order chi connectivity index (χ0) is 20.8. The maximum Gasteiger partial charge on any atom is 0.226 e. The Hall–Kier alpha value is -2.96. The van der Waals surface area contributed by atoms with E-state index >= 15 is 0 Å². The van der Waals surface area contributed by atoms with E-state index in [1.165, 1.54) is 0 Å². The van der Waals surface area contributed by atoms with Crippen LogP contribution in [0, 0.1) is 0 Å². The molecule has 1 heterocycles. The number of nitrogens with zero attached hydrogens (tertiary/aromatic N) is 1. The van der Waals surface area contributed by atoms with Crippen molar-refractivity contribution in [3.63, 3.8) is 0 Å². The van der Waals surface area contributed by atoms with Crippen LogP contribution in [0.15, 0.2) is 93.6 Å². The van der Waals surface area contributed by atoms with E-state index in [1.54, 1.807) is 18.7 Å². The molecule has 1 aliphatic rings. The molecule has 5 nitrogen and oxygen atoms in total. The van der Waals surface area contributed by atoms with Crippen molar-refractivity contribution in [1.29, 1.82) is 0 Å². The van der Waals surface area contributed by atoms with Gasteiger partial charge in [-0.3, -0.25) is 0 Å². The van der Waals surface area contributed by atoms with E-state index < -0.39 is 12.3 Å². The van der Waals surface area contributed by atoms with Gasteiger partial charge in [-0.05, 0) is 61.0 Å². The second-order valence-corrected chi connectivity index (χ2v) is 7.99. The van der Waals surface area contributed by atoms with Crippen LogP contribution in [0.3, 0.4) is 0 Å². The van der Waals surface area contributed by atoms with Gasteiger partial charge in [0.1, 0.15) is 30.8 Å². The number of aliphatic hydroxyl groups is 1. The number of benzene rings is 3. The summed E-state index contributed by atoms with van der Waals surface area (Å²) in [4.78, 5) is 6.46. The Balaban J connectivity index is 1.29. The Morgan fingerprint density at radius 2 is 1.60 bits per heavy atom. The minimum absolute atomic E-state index is 0.315. The lowest BCUT2D eigenvalue weighted by molar-refractivity contribution is 0.150. The highest BCUT2D eigenvalue weighted by Gasteiger charge is 2.23. The van der Waals surface area contributed by atoms with Crippen molar-refractivity contribution in [2.24, 2.45) is 4.99 Å². The Morgan fingerprint density at radius 1 is 0.967 bits per heavy atom. The van der Waals surface area contributed by atoms with Crippen molar-refractivity contribution in [2.75, 3.05) is 6.61 Å². The number of hydrogen-bond acceptors (Lipinski definition) is 6. The first-order valence-electron chi connectivity index (χ1n) is 9.75. The number of rotatable bonds is 8. The first kappa shape index (κ1) is 20.3. The van der Waals surface area contributed by atoms with Gasteiger partial charge in [0.25, 0.3) is 0 Å². The fourth-order valence-corrected chi connectivity index (χ4v) is 3.70. The summed E-state index contributed by atoms with van der Waals surface area (Å²) in [6.07, 6.45) is -1.14. The van der Waals surface area contributed by atoms with Gasteiger partial charge in [0.15, 0.2) is 0 Å². The lowest BCUT2D eigenvalue weighted by atomic mass is 10.2. The monoisotopic (exact) mass is 421 g/mol. The van der Waals surface area contributed by atoms with E-state index in [2.05, 4.69) is 29.3 Å². The van der Waals surface area contributed by atoms with Crippen LogP contribution in [0.5, 0.6) is 11.5 Å². The maximum absolute atomic E-state index is 9.49. The average Bonchev–Trinajstić information content (AvgIpc) is 3.24. The van der Waals surface area contributed by atoms with Gasteiger partial charge in [0, 0.05) is 9.79 Å². The Kier molecular flexibility index (Phi) is 6.57. The smallest absolute Gasteiger partial charge is 0.226 e. The summed E-state index contributed by atoms with van der Waals surface area (Å²) in [6, 6.07) is 26.0. The summed E-state index contributed by atoms with van der Waals surface area (Å²) in [5, 5.41) is 9.49. The molecule has 2 unspecified atom stereocenters. The molecule has 0 aromatic heterocycles. The third kappa shape index (κ3) is 5.55. The molecule has 0 aliphatic carbocycles. The lowest BCUT2D eigenvalue weighted by Crippen LogP contribution is -2.16. The zero-order valence-electron chi connectivity index (χ0n) is 16.6. The second-order valence-electron chi connectivity index (χ2n) is 6.85. The van der Waals surface area contributed by atoms with E-state index in [0.717, 1.165) is 21.1 Å². The van der Waals surface area contributed by atoms with Crippen LogP contribution in [0.25, 0.3) is 0 Å². The van der Waals surface area contributed by atoms with Gasteiger partial charge in [-0.2, -0.15) is 0 Å². The summed E-state index contributed by atoms with van der Waals surface area (Å²) in [7, 11) is 0. The quantitative estimate of drug-likeness (QED) is 0.559. The Bertz CT molecular complexity index is 972. The molecule has 0 fully saturated rings. The van der Waals surface area contributed by atoms with Crippen LogP contribution >= 0.6 is 11.8 Å². The molecule has 154 valence electrons. The molecule has 0 spiro atoms. The predicted molar refractivity (Wildman–Crippen MR) is 117 cm³/mol. The van der Waals surface area contributed by atoms with E-state index in [4.69, 9.17) is 14.2 Å². The molecule has 0 saturated carbocycles. The largest absolute Gasteiger partial charge is 0.489 e. The number of aliphatic imine (C=N–C) groups is 1. The highest BCUT2D eigenvalue weighted by molar-refractivity contribution is 7.99. The van der Waals surface area contributed by atoms with Gasteiger partial charge < -0.3 is 19.3 Å². The van der Waals surface area contributed by atoms with Crippen LogP contribution in [-0.2, 0) is 11.3 Å². The zero-order valence-corrected chi connectivity index (χ0v) is 17.4. The highest BCUT2D eigenvalue weighted by Crippen LogP contribution is 2.30. The van der Waals surface area contributed by atoms with Crippen molar-refractivity contribution in [2.45, 2.75) is 35.7 Å². The SMILES string of the molecule is CC(O)C1=NC(Oc2ccc(Sc3ccc(OCc4ccccc4)cc3)cc2)CO1. The van der Waals surface area contributed by atoms with Crippen LogP contribution in [0.1, 0.15) is 12.5 Å². The predicted octanol–water partition coefficient (Wildman–Crippen LogP) is 4.93. The minimum Gasteiger partial charge on any atom is -0.489 e. The topological polar surface area (TPSA) is 60.3 Å². The molecule has 30 heavy (non-hydrogen) atoms. The fourth-order valence-electron chi connectivity index (χ4n) is 2.89. The van der Waals surface area contributed by atoms with Crippen LogP contribution in [0.2, 0.25) is 0 Å². The van der Waals surface area contributed by atoms with Gasteiger partial charge in [0.2, 0.25) is 12.1 Å². The first-order chi connectivity index (χ1) is 14.7. The Labute approximate surface area is 180 Å². The van der Waals surface area contributed by atoms with E-state index in [9.17, 15) is 5.11 Å². The van der Waals surface area contributed by atoms with E-state index in [-0.39, 0.29) is 0 Å². The molecule has 0 amide bonds. The highest BCUT2D eigenvalue weighted by atomic mass is 32.2. The standard InChI is InChI=1S/C24H23NO4S/c1-17(26)24-25-23(16-28-24)29-20-9-13-22(14-10-20)30-21-11-7-19(8-12-21)27-15-18-5-3-2-4-6-18/h2-14,17,23,26H,15-16H2,1H3. The Morgan fingerprint density at radius 3 is 2.20 bits per heavy atom. The number of ether oxygens (including phenoxy) is 3. The van der Waals surface area contributed by atoms with Gasteiger partial charge in [-0.1, -0.05) is 42.1 Å². The molecule has 1 N–H and O–H groups in total. The summed E-state index contributed by atoms with van der Waals surface area (Å²) in [5.74, 6) is 1.89. The third-order valence-electron chi connectivity index (χ3n) is 4.41. The van der Waals surface area contributed by atoms with Crippen molar-refractivity contribution >= 4 is 17.7 Å². The molecule has 0 saturated heterocycles. The number of hydrogen-bond donors (Lipinski definition) is 1. The third-order valence-corrected chi connectivity index (χ3v) is 5.42. The molecule has 3 aromatic carbocycles. The molecular formula is C24H23NO4S. The molecule has 0 radical (unpaired) electrons. The summed E-state index contributed by atoms with van der Waals surface area (Å²) in [6.45, 7) is 2.49. The van der Waals surface area contributed by atoms with E-state index in [1.807, 2.05) is 54.6 Å². The first-order valence-corrected chi connectivity index (χ1v) is 10.6. The van der Waals surface area contributed by atoms with Crippen LogP contribution < -0.4 is 9.47 Å². The van der Waals surface area contributed by atoms with Crippen molar-refractivity contribution in [3.8, 4) is 11.5 Å². The van der Waals surface area contributed by atoms with Gasteiger partial charge in [-0.15, -0.1) is 0 Å². The lowest BCUT2D eigenvalue weighted by Gasteiger charge is -2.10. The maximum atomic E-state index is 9.49. The molecule has 0 bridgehead atoms. The molecule has 1 aliphatic heterocycles. The normalized spacial score (nSPS) is 16.5. The summed E-state index contributed by atoms with van der Waals surface area (Å²) >= 11 is 1.67. The molecule has 3 aromatic rings. The molecular weight excluding hydrogens is 398 g/mol. The fraction of sp³-hybridized carbons (Fsp3) is 0.208. The van der Waals surface area contributed by atoms with Crippen molar-refractivity contribution in [1.82, 2.24) is 0 Å². The van der Waals surface area contributed by atoms with Crippen LogP contribution in [-0.4, -0.2) is 29.9 Å². The number of aliphatic hydroxyl groups excluding tert-OH is 1. The molecule has 4 rings (SSSR count). The van der Waals surface area contributed by atoms with Gasteiger partial charge >= 0.3 is 0 Å². The molecule has 2 atom stereocenters. The van der Waals surface area contributed by atoms with Crippen molar-refractivity contribution in [3.05, 3.63) is 84.4 Å². The minimum atomic E-state index is -0.715. The average molecular weight is 422 g/mol. The second kappa shape index (κ2) is 9.69. The summed E-state index contributed by atoms with van der Waals surface area (Å²) < 4.78 is 16.9. The van der Waals surface area contributed by atoms with Gasteiger partial charge in [0.05, 0.1) is 0 Å². The van der Waals surface area contributed by atoms with Crippen LogP contribution in [0.4, 0.5) is 0 Å².